The molecule has 0 aliphatic heterocycles. The first kappa shape index (κ1) is 10.6. The highest BCUT2D eigenvalue weighted by Crippen LogP contribution is 2.38. The SMILES string of the molecule is CCNC1CCC(c2cccnc2)C1C. The van der Waals surface area contributed by atoms with Crippen molar-refractivity contribution in [2.45, 2.75) is 38.6 Å². The molecule has 0 aromatic carbocycles. The lowest BCUT2D eigenvalue weighted by Crippen LogP contribution is -2.32. The summed E-state index contributed by atoms with van der Waals surface area (Å²) in [7, 11) is 0. The van der Waals surface area contributed by atoms with Crippen molar-refractivity contribution in [1.29, 1.82) is 0 Å². The highest BCUT2D eigenvalue weighted by molar-refractivity contribution is 5.18. The summed E-state index contributed by atoms with van der Waals surface area (Å²) in [4.78, 5) is 4.21. The van der Waals surface area contributed by atoms with Crippen LogP contribution >= 0.6 is 0 Å². The van der Waals surface area contributed by atoms with E-state index in [0.29, 0.717) is 12.0 Å². The van der Waals surface area contributed by atoms with Crippen LogP contribution in [-0.2, 0) is 0 Å². The smallest absolute Gasteiger partial charge is 0.0302 e. The van der Waals surface area contributed by atoms with Gasteiger partial charge in [-0.25, -0.2) is 0 Å². The van der Waals surface area contributed by atoms with Crippen molar-refractivity contribution in [3.8, 4) is 0 Å². The standard InChI is InChI=1S/C13H20N2/c1-3-15-13-7-6-12(10(13)2)11-5-4-8-14-9-11/h4-5,8-10,12-13,15H,3,6-7H2,1-2H3. The molecule has 1 aromatic rings. The highest BCUT2D eigenvalue weighted by Gasteiger charge is 2.32. The van der Waals surface area contributed by atoms with Crippen LogP contribution in [0.2, 0.25) is 0 Å². The number of aromatic nitrogens is 1. The lowest BCUT2D eigenvalue weighted by Gasteiger charge is -2.21. The highest BCUT2D eigenvalue weighted by atomic mass is 14.9. The predicted molar refractivity (Wildman–Crippen MR) is 62.8 cm³/mol. The van der Waals surface area contributed by atoms with Gasteiger partial charge in [-0.05, 0) is 42.9 Å². The summed E-state index contributed by atoms with van der Waals surface area (Å²) in [5.41, 5.74) is 1.41. The molecular weight excluding hydrogens is 184 g/mol. The van der Waals surface area contributed by atoms with Gasteiger partial charge in [0, 0.05) is 18.4 Å². The molecule has 15 heavy (non-hydrogen) atoms. The molecule has 1 aliphatic carbocycles. The van der Waals surface area contributed by atoms with E-state index in [1.54, 1.807) is 0 Å². The summed E-state index contributed by atoms with van der Waals surface area (Å²) < 4.78 is 0. The predicted octanol–water partition coefficient (Wildman–Crippen LogP) is 2.57. The zero-order valence-electron chi connectivity index (χ0n) is 9.61. The van der Waals surface area contributed by atoms with E-state index in [2.05, 4.69) is 30.2 Å². The molecule has 1 heterocycles. The van der Waals surface area contributed by atoms with E-state index in [-0.39, 0.29) is 0 Å². The Bertz CT molecular complexity index is 297. The molecular formula is C13H20N2. The Morgan fingerprint density at radius 2 is 2.33 bits per heavy atom. The van der Waals surface area contributed by atoms with Gasteiger partial charge < -0.3 is 5.32 Å². The minimum Gasteiger partial charge on any atom is -0.314 e. The third-order valence-electron chi connectivity index (χ3n) is 3.64. The summed E-state index contributed by atoms with van der Waals surface area (Å²) in [6.07, 6.45) is 6.47. The van der Waals surface area contributed by atoms with Gasteiger partial charge in [-0.2, -0.15) is 0 Å². The van der Waals surface area contributed by atoms with Crippen molar-refractivity contribution >= 4 is 0 Å². The summed E-state index contributed by atoms with van der Waals surface area (Å²) in [6.45, 7) is 5.62. The van der Waals surface area contributed by atoms with Crippen LogP contribution in [0.3, 0.4) is 0 Å². The number of hydrogen-bond donors (Lipinski definition) is 1. The second-order valence-electron chi connectivity index (χ2n) is 4.49. The molecule has 0 radical (unpaired) electrons. The molecule has 1 fully saturated rings. The first-order chi connectivity index (χ1) is 7.33. The van der Waals surface area contributed by atoms with Crippen molar-refractivity contribution < 1.29 is 0 Å². The van der Waals surface area contributed by atoms with Gasteiger partial charge in [0.05, 0.1) is 0 Å². The van der Waals surface area contributed by atoms with Crippen LogP contribution < -0.4 is 5.32 Å². The fraction of sp³-hybridized carbons (Fsp3) is 0.615. The van der Waals surface area contributed by atoms with Crippen LogP contribution in [0.25, 0.3) is 0 Å². The van der Waals surface area contributed by atoms with Crippen LogP contribution in [0.15, 0.2) is 24.5 Å². The second-order valence-corrected chi connectivity index (χ2v) is 4.49. The Kier molecular flexibility index (Phi) is 3.37. The van der Waals surface area contributed by atoms with Crippen molar-refractivity contribution in [1.82, 2.24) is 10.3 Å². The van der Waals surface area contributed by atoms with Crippen LogP contribution in [0, 0.1) is 5.92 Å². The normalized spacial score (nSPS) is 30.7. The zero-order valence-corrected chi connectivity index (χ0v) is 9.61. The van der Waals surface area contributed by atoms with Crippen molar-refractivity contribution in [2.75, 3.05) is 6.54 Å². The minimum atomic E-state index is 0.695. The van der Waals surface area contributed by atoms with Gasteiger partial charge in [-0.3, -0.25) is 4.98 Å². The maximum atomic E-state index is 4.21. The van der Waals surface area contributed by atoms with Crippen LogP contribution in [0.5, 0.6) is 0 Å². The van der Waals surface area contributed by atoms with Gasteiger partial charge in [0.15, 0.2) is 0 Å². The van der Waals surface area contributed by atoms with E-state index in [1.165, 1.54) is 18.4 Å². The average molecular weight is 204 g/mol. The summed E-state index contributed by atoms with van der Waals surface area (Å²) in [5.74, 6) is 1.43. The third kappa shape index (κ3) is 2.20. The molecule has 0 bridgehead atoms. The van der Waals surface area contributed by atoms with Crippen LogP contribution in [0.1, 0.15) is 38.2 Å². The van der Waals surface area contributed by atoms with Gasteiger partial charge in [-0.1, -0.05) is 19.9 Å². The molecule has 3 atom stereocenters. The molecule has 2 nitrogen and oxygen atoms in total. The molecule has 0 amide bonds. The van der Waals surface area contributed by atoms with E-state index < -0.39 is 0 Å². The van der Waals surface area contributed by atoms with Crippen molar-refractivity contribution in [3.63, 3.8) is 0 Å². The van der Waals surface area contributed by atoms with Gasteiger partial charge in [0.1, 0.15) is 0 Å². The zero-order chi connectivity index (χ0) is 10.7. The summed E-state index contributed by atoms with van der Waals surface area (Å²) >= 11 is 0. The fourth-order valence-corrected chi connectivity index (χ4v) is 2.78. The number of pyridine rings is 1. The lowest BCUT2D eigenvalue weighted by molar-refractivity contribution is 0.411. The average Bonchev–Trinajstić information content (AvgIpc) is 2.63. The maximum absolute atomic E-state index is 4.21. The van der Waals surface area contributed by atoms with E-state index in [0.717, 1.165) is 12.5 Å². The first-order valence-electron chi connectivity index (χ1n) is 5.96. The quantitative estimate of drug-likeness (QED) is 0.818. The molecule has 1 aromatic heterocycles. The summed E-state index contributed by atoms with van der Waals surface area (Å²) in [6, 6.07) is 4.95. The summed E-state index contributed by atoms with van der Waals surface area (Å²) in [5, 5.41) is 3.57. The Morgan fingerprint density at radius 3 is 3.00 bits per heavy atom. The van der Waals surface area contributed by atoms with Gasteiger partial charge in [-0.15, -0.1) is 0 Å². The molecule has 2 heteroatoms. The Labute approximate surface area is 92.1 Å². The number of nitrogens with one attached hydrogen (secondary N) is 1. The first-order valence-corrected chi connectivity index (χ1v) is 5.96. The molecule has 0 saturated heterocycles. The van der Waals surface area contributed by atoms with E-state index in [4.69, 9.17) is 0 Å². The second kappa shape index (κ2) is 4.75. The Balaban J connectivity index is 2.07. The largest absolute Gasteiger partial charge is 0.314 e. The van der Waals surface area contributed by atoms with Crippen LogP contribution in [-0.4, -0.2) is 17.6 Å². The topological polar surface area (TPSA) is 24.9 Å². The molecule has 3 unspecified atom stereocenters. The van der Waals surface area contributed by atoms with Crippen molar-refractivity contribution in [3.05, 3.63) is 30.1 Å². The Morgan fingerprint density at radius 1 is 1.47 bits per heavy atom. The Hall–Kier alpha value is -0.890. The molecule has 2 rings (SSSR count). The third-order valence-corrected chi connectivity index (χ3v) is 3.64. The van der Waals surface area contributed by atoms with Gasteiger partial charge >= 0.3 is 0 Å². The van der Waals surface area contributed by atoms with Crippen LogP contribution in [0.4, 0.5) is 0 Å². The van der Waals surface area contributed by atoms with E-state index in [9.17, 15) is 0 Å². The number of nitrogens with zero attached hydrogens (tertiary/aromatic N) is 1. The minimum absolute atomic E-state index is 0.695. The lowest BCUT2D eigenvalue weighted by atomic mass is 9.90. The molecule has 1 saturated carbocycles. The number of hydrogen-bond acceptors (Lipinski definition) is 2. The molecule has 1 N–H and O–H groups in total. The van der Waals surface area contributed by atoms with Crippen molar-refractivity contribution in [2.24, 2.45) is 5.92 Å². The number of rotatable bonds is 3. The van der Waals surface area contributed by atoms with Gasteiger partial charge in [0.2, 0.25) is 0 Å². The fourth-order valence-electron chi connectivity index (χ4n) is 2.78. The molecule has 82 valence electrons. The monoisotopic (exact) mass is 204 g/mol. The molecule has 0 spiro atoms. The van der Waals surface area contributed by atoms with E-state index >= 15 is 0 Å². The van der Waals surface area contributed by atoms with Gasteiger partial charge in [0.25, 0.3) is 0 Å². The van der Waals surface area contributed by atoms with E-state index in [1.807, 2.05) is 18.5 Å². The molecule has 1 aliphatic rings. The maximum Gasteiger partial charge on any atom is 0.0302 e.